The molecule has 11 heteroatoms. The topological polar surface area (TPSA) is 151 Å². The number of hydrogen-bond donors (Lipinski definition) is 3. The summed E-state index contributed by atoms with van der Waals surface area (Å²) in [6.07, 6.45) is -0.824. The molecule has 0 spiro atoms. The Labute approximate surface area is 191 Å². The molecule has 11 nitrogen and oxygen atoms in total. The second-order valence-electron chi connectivity index (χ2n) is 8.46. The van der Waals surface area contributed by atoms with Crippen LogP contribution >= 0.6 is 0 Å². The lowest BCUT2D eigenvalue weighted by atomic mass is 10.0. The van der Waals surface area contributed by atoms with Gasteiger partial charge in [0, 0.05) is 25.8 Å². The van der Waals surface area contributed by atoms with Gasteiger partial charge in [-0.05, 0) is 26.3 Å². The summed E-state index contributed by atoms with van der Waals surface area (Å²) in [6.45, 7) is 4.99. The number of aliphatic carboxylic acids is 1. The van der Waals surface area contributed by atoms with Crippen molar-refractivity contribution in [3.8, 4) is 0 Å². The number of Topliss-reactive ketones (excluding diaryl/α,β-unsaturated/α-hetero) is 1. The molecule has 1 heterocycles. The van der Waals surface area contributed by atoms with E-state index < -0.39 is 47.3 Å². The largest absolute Gasteiger partial charge is 0.476 e. The van der Waals surface area contributed by atoms with Gasteiger partial charge < -0.3 is 20.5 Å². The van der Waals surface area contributed by atoms with Crippen LogP contribution in [-0.4, -0.2) is 70.7 Å². The number of carboxylic acids is 1. The SMILES string of the molecule is CC(C)(C)OC(=O)N1OCCC1C(=O)N[C@@H](Cc1ccccc1)C(=O)NCCC(=O)C(=O)O. The molecule has 1 fully saturated rings. The lowest BCUT2D eigenvalue weighted by molar-refractivity contribution is -0.149. The molecule has 2 rings (SSSR count). The van der Waals surface area contributed by atoms with Crippen molar-refractivity contribution < 1.29 is 38.7 Å². The summed E-state index contributed by atoms with van der Waals surface area (Å²) >= 11 is 0. The molecule has 1 aliphatic heterocycles. The smallest absolute Gasteiger partial charge is 0.435 e. The summed E-state index contributed by atoms with van der Waals surface area (Å²) in [5.74, 6) is -3.80. The van der Waals surface area contributed by atoms with Gasteiger partial charge in [-0.2, -0.15) is 5.06 Å². The first kappa shape index (κ1) is 25.8. The van der Waals surface area contributed by atoms with Crippen LogP contribution in [-0.2, 0) is 35.2 Å². The molecule has 1 aliphatic rings. The van der Waals surface area contributed by atoms with Crippen LogP contribution in [0.2, 0.25) is 0 Å². The fourth-order valence-electron chi connectivity index (χ4n) is 3.05. The molecule has 3 N–H and O–H groups in total. The van der Waals surface area contributed by atoms with Crippen molar-refractivity contribution in [1.29, 1.82) is 0 Å². The van der Waals surface area contributed by atoms with E-state index in [-0.39, 0.29) is 32.4 Å². The fourth-order valence-corrected chi connectivity index (χ4v) is 3.05. The van der Waals surface area contributed by atoms with Crippen LogP contribution in [0.1, 0.15) is 39.2 Å². The maximum Gasteiger partial charge on any atom is 0.435 e. The maximum atomic E-state index is 12.9. The molecule has 3 amide bonds. The summed E-state index contributed by atoms with van der Waals surface area (Å²) in [5, 5.41) is 14.6. The molecule has 1 aromatic rings. The number of ketones is 1. The highest BCUT2D eigenvalue weighted by atomic mass is 16.7. The minimum Gasteiger partial charge on any atom is -0.476 e. The van der Waals surface area contributed by atoms with Gasteiger partial charge in [0.1, 0.15) is 17.7 Å². The van der Waals surface area contributed by atoms with E-state index in [1.165, 1.54) is 0 Å². The Kier molecular flexibility index (Phi) is 8.92. The van der Waals surface area contributed by atoms with Gasteiger partial charge in [-0.15, -0.1) is 0 Å². The fraction of sp³-hybridized carbons (Fsp3) is 0.500. The Morgan fingerprint density at radius 1 is 1.18 bits per heavy atom. The summed E-state index contributed by atoms with van der Waals surface area (Å²) < 4.78 is 5.27. The third-order valence-electron chi connectivity index (χ3n) is 4.59. The zero-order chi connectivity index (χ0) is 24.6. The number of amides is 3. The monoisotopic (exact) mass is 463 g/mol. The number of ether oxygens (including phenoxy) is 1. The number of hydroxylamine groups is 2. The average molecular weight is 463 g/mol. The van der Waals surface area contributed by atoms with E-state index >= 15 is 0 Å². The van der Waals surface area contributed by atoms with Crippen LogP contribution in [0.4, 0.5) is 4.79 Å². The third kappa shape index (κ3) is 8.19. The van der Waals surface area contributed by atoms with E-state index in [1.807, 2.05) is 6.07 Å². The van der Waals surface area contributed by atoms with Gasteiger partial charge in [-0.3, -0.25) is 19.2 Å². The third-order valence-corrected chi connectivity index (χ3v) is 4.59. The summed E-state index contributed by atoms with van der Waals surface area (Å²) in [6, 6.07) is 6.93. The molecule has 1 saturated heterocycles. The minimum atomic E-state index is -1.58. The molecule has 0 saturated carbocycles. The summed E-state index contributed by atoms with van der Waals surface area (Å²) in [4.78, 5) is 65.2. The number of benzene rings is 1. The van der Waals surface area contributed by atoms with Crippen LogP contribution in [0.5, 0.6) is 0 Å². The molecular weight excluding hydrogens is 434 g/mol. The van der Waals surface area contributed by atoms with Crippen molar-refractivity contribution in [2.24, 2.45) is 0 Å². The van der Waals surface area contributed by atoms with E-state index in [4.69, 9.17) is 14.7 Å². The maximum absolute atomic E-state index is 12.9. The second-order valence-corrected chi connectivity index (χ2v) is 8.46. The lowest BCUT2D eigenvalue weighted by Crippen LogP contribution is -2.54. The summed E-state index contributed by atoms with van der Waals surface area (Å²) in [5.41, 5.74) is -0.0149. The predicted molar refractivity (Wildman–Crippen MR) is 115 cm³/mol. The number of carbonyl (C=O) groups is 5. The first-order chi connectivity index (χ1) is 15.5. The van der Waals surface area contributed by atoms with Gasteiger partial charge in [-0.1, -0.05) is 30.3 Å². The second kappa shape index (κ2) is 11.4. The van der Waals surface area contributed by atoms with Crippen LogP contribution in [0, 0.1) is 0 Å². The molecule has 2 atom stereocenters. The first-order valence-electron chi connectivity index (χ1n) is 10.5. The first-order valence-corrected chi connectivity index (χ1v) is 10.5. The molecule has 1 aromatic carbocycles. The number of nitrogens with one attached hydrogen (secondary N) is 2. The van der Waals surface area contributed by atoms with Gasteiger partial charge in [0.2, 0.25) is 17.6 Å². The van der Waals surface area contributed by atoms with Gasteiger partial charge in [0.05, 0.1) is 6.61 Å². The number of nitrogens with zero attached hydrogens (tertiary/aromatic N) is 1. The zero-order valence-electron chi connectivity index (χ0n) is 18.8. The lowest BCUT2D eigenvalue weighted by Gasteiger charge is -2.27. The molecular formula is C22H29N3O8. The van der Waals surface area contributed by atoms with Gasteiger partial charge in [-0.25, -0.2) is 9.59 Å². The van der Waals surface area contributed by atoms with Crippen molar-refractivity contribution in [2.75, 3.05) is 13.2 Å². The van der Waals surface area contributed by atoms with E-state index in [0.717, 1.165) is 10.6 Å². The highest BCUT2D eigenvalue weighted by Gasteiger charge is 2.39. The van der Waals surface area contributed by atoms with E-state index in [0.29, 0.717) is 0 Å². The van der Waals surface area contributed by atoms with Crippen molar-refractivity contribution in [2.45, 2.75) is 57.7 Å². The van der Waals surface area contributed by atoms with Crippen molar-refractivity contribution in [3.05, 3.63) is 35.9 Å². The van der Waals surface area contributed by atoms with Crippen LogP contribution < -0.4 is 10.6 Å². The van der Waals surface area contributed by atoms with E-state index in [1.54, 1.807) is 45.0 Å². The molecule has 180 valence electrons. The molecule has 33 heavy (non-hydrogen) atoms. The average Bonchev–Trinajstić information content (AvgIpc) is 3.23. The van der Waals surface area contributed by atoms with Gasteiger partial charge >= 0.3 is 12.1 Å². The molecule has 1 unspecified atom stereocenters. The van der Waals surface area contributed by atoms with Crippen LogP contribution in [0.25, 0.3) is 0 Å². The Balaban J connectivity index is 2.08. The number of rotatable bonds is 9. The van der Waals surface area contributed by atoms with E-state index in [9.17, 15) is 24.0 Å². The highest BCUT2D eigenvalue weighted by Crippen LogP contribution is 2.19. The normalized spacial score (nSPS) is 16.6. The molecule has 0 aromatic heterocycles. The molecule has 0 aliphatic carbocycles. The van der Waals surface area contributed by atoms with E-state index in [2.05, 4.69) is 10.6 Å². The summed E-state index contributed by atoms with van der Waals surface area (Å²) in [7, 11) is 0. The number of hydrogen-bond acceptors (Lipinski definition) is 7. The Morgan fingerprint density at radius 3 is 2.45 bits per heavy atom. The Morgan fingerprint density at radius 2 is 1.85 bits per heavy atom. The van der Waals surface area contributed by atoms with Crippen LogP contribution in [0.3, 0.4) is 0 Å². The zero-order valence-corrected chi connectivity index (χ0v) is 18.8. The number of carboxylic acid groups (broad SMARTS) is 1. The predicted octanol–water partition coefficient (Wildman–Crippen LogP) is 0.815. The van der Waals surface area contributed by atoms with Gasteiger partial charge in [0.25, 0.3) is 0 Å². The van der Waals surface area contributed by atoms with Crippen molar-refractivity contribution in [3.63, 3.8) is 0 Å². The standard InChI is InChI=1S/C22H29N3O8/c1-22(2,3)33-21(31)25-16(10-12-32-25)19(28)24-15(13-14-7-5-4-6-8-14)18(27)23-11-9-17(26)20(29)30/h4-8,15-16H,9-13H2,1-3H3,(H,23,27)(H,24,28)(H,29,30)/t15-,16?/m0/s1. The highest BCUT2D eigenvalue weighted by molar-refractivity contribution is 6.32. The Hall–Kier alpha value is -3.47. The van der Waals surface area contributed by atoms with Crippen molar-refractivity contribution >= 4 is 29.7 Å². The molecule has 0 radical (unpaired) electrons. The van der Waals surface area contributed by atoms with Gasteiger partial charge in [0.15, 0.2) is 0 Å². The quantitative estimate of drug-likeness (QED) is 0.455. The Bertz CT molecular complexity index is 881. The minimum absolute atomic E-state index is 0.129. The molecule has 0 bridgehead atoms. The number of carbonyl (C=O) groups excluding carboxylic acids is 4. The van der Waals surface area contributed by atoms with Crippen molar-refractivity contribution in [1.82, 2.24) is 15.7 Å². The van der Waals surface area contributed by atoms with Crippen LogP contribution in [0.15, 0.2) is 30.3 Å².